The fourth-order valence-corrected chi connectivity index (χ4v) is 2.39. The summed E-state index contributed by atoms with van der Waals surface area (Å²) in [5, 5.41) is 3.28. The van der Waals surface area contributed by atoms with Crippen LogP contribution in [0.25, 0.3) is 0 Å². The molecule has 0 radical (unpaired) electrons. The van der Waals surface area contributed by atoms with Gasteiger partial charge in [0.15, 0.2) is 0 Å². The number of nitrogens with one attached hydrogen (secondary N) is 1. The molecule has 5 heteroatoms. The minimum absolute atomic E-state index is 0.308. The van der Waals surface area contributed by atoms with Gasteiger partial charge >= 0.3 is 0 Å². The highest BCUT2D eigenvalue weighted by atomic mass is 32.1. The number of nitrogens with zero attached hydrogens (tertiary/aromatic N) is 2. The van der Waals surface area contributed by atoms with Gasteiger partial charge in [-0.1, -0.05) is 32.0 Å². The lowest BCUT2D eigenvalue weighted by atomic mass is 9.89. The molecule has 0 bridgehead atoms. The van der Waals surface area contributed by atoms with E-state index >= 15 is 0 Å². The maximum atomic E-state index is 5.54. The molecule has 0 saturated heterocycles. The third-order valence-corrected chi connectivity index (χ3v) is 3.60. The Morgan fingerprint density at radius 2 is 2.24 bits per heavy atom. The average Bonchev–Trinajstić information content (AvgIpc) is 2.75. The summed E-state index contributed by atoms with van der Waals surface area (Å²) < 4.78 is 0. The molecule has 1 fully saturated rings. The van der Waals surface area contributed by atoms with Crippen molar-refractivity contribution in [2.75, 3.05) is 11.9 Å². The summed E-state index contributed by atoms with van der Waals surface area (Å²) in [6, 6.07) is 1.73. The first kappa shape index (κ1) is 12.2. The summed E-state index contributed by atoms with van der Waals surface area (Å²) in [6.45, 7) is 3.22. The Morgan fingerprint density at radius 3 is 2.88 bits per heavy atom. The summed E-state index contributed by atoms with van der Waals surface area (Å²) in [5.41, 5.74) is 6.54. The van der Waals surface area contributed by atoms with E-state index in [4.69, 9.17) is 18.0 Å². The Labute approximate surface area is 107 Å². The Balaban J connectivity index is 1.99. The van der Waals surface area contributed by atoms with Gasteiger partial charge in [0.1, 0.15) is 10.7 Å². The van der Waals surface area contributed by atoms with E-state index in [9.17, 15) is 0 Å². The van der Waals surface area contributed by atoms with Crippen LogP contribution in [0.15, 0.2) is 12.3 Å². The fraction of sp³-hybridized carbons (Fsp3) is 0.583. The molecule has 4 nitrogen and oxygen atoms in total. The Morgan fingerprint density at radius 1 is 1.53 bits per heavy atom. The van der Waals surface area contributed by atoms with Gasteiger partial charge in [-0.2, -0.15) is 0 Å². The molecule has 2 rings (SSSR count). The number of aromatic nitrogens is 2. The zero-order valence-electron chi connectivity index (χ0n) is 10.1. The van der Waals surface area contributed by atoms with Crippen LogP contribution in [-0.4, -0.2) is 21.5 Å². The van der Waals surface area contributed by atoms with Crippen LogP contribution in [-0.2, 0) is 0 Å². The molecule has 0 aliphatic heterocycles. The smallest absolute Gasteiger partial charge is 0.223 e. The third-order valence-electron chi connectivity index (χ3n) is 3.39. The van der Waals surface area contributed by atoms with Crippen molar-refractivity contribution in [3.8, 4) is 0 Å². The molecule has 3 N–H and O–H groups in total. The lowest BCUT2D eigenvalue weighted by molar-refractivity contribution is 0.361. The topological polar surface area (TPSA) is 63.8 Å². The van der Waals surface area contributed by atoms with Crippen LogP contribution in [0.4, 0.5) is 5.95 Å². The SMILES string of the molecule is CC1(CNc2nccc(C(N)=S)n2)CCCC1. The predicted molar refractivity (Wildman–Crippen MR) is 73.0 cm³/mol. The van der Waals surface area contributed by atoms with E-state index in [1.807, 2.05) is 0 Å². The van der Waals surface area contributed by atoms with E-state index in [1.165, 1.54) is 25.7 Å². The van der Waals surface area contributed by atoms with Crippen LogP contribution < -0.4 is 11.1 Å². The van der Waals surface area contributed by atoms with Gasteiger partial charge in [0.25, 0.3) is 0 Å². The van der Waals surface area contributed by atoms with E-state index in [1.54, 1.807) is 12.3 Å². The second-order valence-corrected chi connectivity index (χ2v) is 5.44. The van der Waals surface area contributed by atoms with Crippen molar-refractivity contribution in [1.82, 2.24) is 9.97 Å². The third kappa shape index (κ3) is 3.12. The van der Waals surface area contributed by atoms with Crippen LogP contribution in [0.5, 0.6) is 0 Å². The second-order valence-electron chi connectivity index (χ2n) is 5.00. The number of anilines is 1. The van der Waals surface area contributed by atoms with Crippen molar-refractivity contribution >= 4 is 23.2 Å². The predicted octanol–water partition coefficient (Wildman–Crippen LogP) is 2.10. The number of thiocarbonyl (C=S) groups is 1. The van der Waals surface area contributed by atoms with Gasteiger partial charge in [0, 0.05) is 12.7 Å². The van der Waals surface area contributed by atoms with Crippen LogP contribution in [0.1, 0.15) is 38.3 Å². The molecule has 17 heavy (non-hydrogen) atoms. The average molecular weight is 250 g/mol. The van der Waals surface area contributed by atoms with Crippen molar-refractivity contribution in [1.29, 1.82) is 0 Å². The molecule has 1 aliphatic rings. The molecular weight excluding hydrogens is 232 g/mol. The maximum absolute atomic E-state index is 5.54. The number of hydrogen-bond donors (Lipinski definition) is 2. The van der Waals surface area contributed by atoms with E-state index < -0.39 is 0 Å². The van der Waals surface area contributed by atoms with Crippen LogP contribution in [0, 0.1) is 5.41 Å². The quantitative estimate of drug-likeness (QED) is 0.801. The Hall–Kier alpha value is -1.23. The molecule has 0 unspecified atom stereocenters. The van der Waals surface area contributed by atoms with Gasteiger partial charge in [-0.15, -0.1) is 0 Å². The lowest BCUT2D eigenvalue weighted by Gasteiger charge is -2.23. The summed E-state index contributed by atoms with van der Waals surface area (Å²) in [5.74, 6) is 0.614. The van der Waals surface area contributed by atoms with Crippen LogP contribution in [0.3, 0.4) is 0 Å². The molecule has 1 saturated carbocycles. The number of hydrogen-bond acceptors (Lipinski definition) is 4. The Bertz CT molecular complexity index is 413. The van der Waals surface area contributed by atoms with Crippen molar-refractivity contribution in [2.45, 2.75) is 32.6 Å². The van der Waals surface area contributed by atoms with E-state index in [-0.39, 0.29) is 0 Å². The van der Waals surface area contributed by atoms with Crippen molar-refractivity contribution in [3.63, 3.8) is 0 Å². The zero-order chi connectivity index (χ0) is 12.3. The van der Waals surface area contributed by atoms with E-state index in [0.717, 1.165) is 6.54 Å². The summed E-state index contributed by atoms with van der Waals surface area (Å²) in [4.78, 5) is 8.76. The molecule has 0 amide bonds. The molecule has 0 atom stereocenters. The zero-order valence-corrected chi connectivity index (χ0v) is 10.9. The first-order chi connectivity index (χ1) is 8.09. The summed E-state index contributed by atoms with van der Waals surface area (Å²) in [6.07, 6.45) is 6.88. The maximum Gasteiger partial charge on any atom is 0.223 e. The fourth-order valence-electron chi connectivity index (χ4n) is 2.28. The second kappa shape index (κ2) is 4.96. The molecule has 1 heterocycles. The monoisotopic (exact) mass is 250 g/mol. The standard InChI is InChI=1S/C12H18N4S/c1-12(5-2-3-6-12)8-15-11-14-7-4-9(16-11)10(13)17/h4,7H,2-3,5-6,8H2,1H3,(H2,13,17)(H,14,15,16). The molecule has 1 aromatic rings. The number of rotatable bonds is 4. The van der Waals surface area contributed by atoms with Crippen LogP contribution >= 0.6 is 12.2 Å². The van der Waals surface area contributed by atoms with Gasteiger partial charge in [-0.05, 0) is 24.3 Å². The highest BCUT2D eigenvalue weighted by Gasteiger charge is 2.28. The minimum Gasteiger partial charge on any atom is -0.388 e. The van der Waals surface area contributed by atoms with E-state index in [0.29, 0.717) is 22.0 Å². The van der Waals surface area contributed by atoms with Gasteiger partial charge in [0.05, 0.1) is 0 Å². The van der Waals surface area contributed by atoms with Crippen molar-refractivity contribution in [3.05, 3.63) is 18.0 Å². The molecule has 92 valence electrons. The largest absolute Gasteiger partial charge is 0.388 e. The normalized spacial score (nSPS) is 17.9. The van der Waals surface area contributed by atoms with E-state index in [2.05, 4.69) is 22.2 Å². The highest BCUT2D eigenvalue weighted by molar-refractivity contribution is 7.80. The van der Waals surface area contributed by atoms with Gasteiger partial charge in [-0.25, -0.2) is 9.97 Å². The summed E-state index contributed by atoms with van der Waals surface area (Å²) in [7, 11) is 0. The summed E-state index contributed by atoms with van der Waals surface area (Å²) >= 11 is 4.89. The van der Waals surface area contributed by atoms with Gasteiger partial charge in [-0.3, -0.25) is 0 Å². The first-order valence-corrected chi connectivity index (χ1v) is 6.37. The lowest BCUT2D eigenvalue weighted by Crippen LogP contribution is -2.24. The van der Waals surface area contributed by atoms with Gasteiger partial charge < -0.3 is 11.1 Å². The van der Waals surface area contributed by atoms with Gasteiger partial charge in [0.2, 0.25) is 5.95 Å². The first-order valence-electron chi connectivity index (χ1n) is 5.96. The molecule has 0 spiro atoms. The molecule has 0 aromatic carbocycles. The molecule has 1 aliphatic carbocycles. The highest BCUT2D eigenvalue weighted by Crippen LogP contribution is 2.37. The van der Waals surface area contributed by atoms with Crippen molar-refractivity contribution < 1.29 is 0 Å². The molecule has 1 aromatic heterocycles. The minimum atomic E-state index is 0.308. The number of nitrogens with two attached hydrogens (primary N) is 1. The molecular formula is C12H18N4S. The van der Waals surface area contributed by atoms with Crippen molar-refractivity contribution in [2.24, 2.45) is 11.1 Å². The van der Waals surface area contributed by atoms with Crippen LogP contribution in [0.2, 0.25) is 0 Å². The Kier molecular flexibility index (Phi) is 3.57.